The van der Waals surface area contributed by atoms with E-state index in [9.17, 15) is 19.8 Å². The molecule has 0 unspecified atom stereocenters. The van der Waals surface area contributed by atoms with Crippen molar-refractivity contribution in [2.24, 2.45) is 5.92 Å². The molecule has 0 amide bonds. The molecule has 3 rings (SSSR count). The lowest BCUT2D eigenvalue weighted by Crippen LogP contribution is -2.54. The molecule has 1 spiro atoms. The first-order valence-corrected chi connectivity index (χ1v) is 6.33. The maximum Gasteiger partial charge on any atom is 0.313 e. The van der Waals surface area contributed by atoms with Crippen molar-refractivity contribution in [3.8, 4) is 11.5 Å². The molecule has 0 bridgehead atoms. The van der Waals surface area contributed by atoms with Gasteiger partial charge in [0.05, 0.1) is 12.7 Å². The Balaban J connectivity index is 2.09. The minimum absolute atomic E-state index is 0.0696. The molecule has 2 aliphatic rings. The van der Waals surface area contributed by atoms with Crippen LogP contribution in [0.25, 0.3) is 0 Å². The van der Waals surface area contributed by atoms with Gasteiger partial charge in [-0.15, -0.1) is 0 Å². The van der Waals surface area contributed by atoms with Crippen molar-refractivity contribution in [2.45, 2.75) is 24.5 Å². The average molecular weight is 278 g/mol. The van der Waals surface area contributed by atoms with E-state index in [1.807, 2.05) is 0 Å². The standard InChI is InChI=1S/C14H14O6/c1-19-13(18)9-3-5-11(16)14(9)12(17)8-6-7(15)2-4-10(8)20-14/h2,4,6,9,11,15-16H,3,5H2,1H3/t9-,11-,14+/m0/s1. The van der Waals surface area contributed by atoms with Crippen LogP contribution in [-0.2, 0) is 9.53 Å². The number of carbonyl (C=O) groups excluding carboxylic acids is 2. The molecule has 2 N–H and O–H groups in total. The monoisotopic (exact) mass is 278 g/mol. The molecule has 1 heterocycles. The molecule has 20 heavy (non-hydrogen) atoms. The van der Waals surface area contributed by atoms with E-state index in [2.05, 4.69) is 0 Å². The largest absolute Gasteiger partial charge is 0.508 e. The summed E-state index contributed by atoms with van der Waals surface area (Å²) >= 11 is 0. The van der Waals surface area contributed by atoms with Gasteiger partial charge in [0.25, 0.3) is 0 Å². The van der Waals surface area contributed by atoms with E-state index in [1.165, 1.54) is 25.3 Å². The number of carbonyl (C=O) groups is 2. The van der Waals surface area contributed by atoms with E-state index in [0.717, 1.165) is 0 Å². The van der Waals surface area contributed by atoms with Gasteiger partial charge in [-0.2, -0.15) is 0 Å². The molecule has 3 atom stereocenters. The molecule has 6 heteroatoms. The Morgan fingerprint density at radius 1 is 1.45 bits per heavy atom. The highest BCUT2D eigenvalue weighted by Crippen LogP contribution is 2.48. The third-order valence-corrected chi connectivity index (χ3v) is 4.07. The lowest BCUT2D eigenvalue weighted by molar-refractivity contribution is -0.152. The highest BCUT2D eigenvalue weighted by atomic mass is 16.5. The number of phenols is 1. The van der Waals surface area contributed by atoms with Crippen LogP contribution in [0.4, 0.5) is 0 Å². The Kier molecular flexibility index (Phi) is 2.72. The van der Waals surface area contributed by atoms with E-state index >= 15 is 0 Å². The number of benzene rings is 1. The molecule has 1 aromatic carbocycles. The zero-order chi connectivity index (χ0) is 14.5. The van der Waals surface area contributed by atoms with Gasteiger partial charge in [-0.25, -0.2) is 0 Å². The predicted molar refractivity (Wildman–Crippen MR) is 66.5 cm³/mol. The third-order valence-electron chi connectivity index (χ3n) is 4.07. The second-order valence-corrected chi connectivity index (χ2v) is 5.07. The smallest absolute Gasteiger partial charge is 0.313 e. The summed E-state index contributed by atoms with van der Waals surface area (Å²) in [5.41, 5.74) is -1.44. The maximum atomic E-state index is 12.6. The molecule has 1 saturated carbocycles. The van der Waals surface area contributed by atoms with Gasteiger partial charge >= 0.3 is 5.97 Å². The zero-order valence-electron chi connectivity index (χ0n) is 10.8. The summed E-state index contributed by atoms with van der Waals surface area (Å²) in [7, 11) is 1.24. The number of hydrogen-bond donors (Lipinski definition) is 2. The lowest BCUT2D eigenvalue weighted by atomic mass is 9.84. The van der Waals surface area contributed by atoms with Gasteiger partial charge in [-0.05, 0) is 31.0 Å². The van der Waals surface area contributed by atoms with Gasteiger partial charge in [0.1, 0.15) is 23.5 Å². The molecule has 6 nitrogen and oxygen atoms in total. The molecule has 0 aromatic heterocycles. The SMILES string of the molecule is COC(=O)[C@@H]1CC[C@H](O)[C@]12Oc1ccc(O)cc1C2=O. The molecule has 1 aliphatic heterocycles. The first-order valence-electron chi connectivity index (χ1n) is 6.33. The highest BCUT2D eigenvalue weighted by Gasteiger charge is 2.64. The minimum atomic E-state index is -1.62. The van der Waals surface area contributed by atoms with Crippen molar-refractivity contribution in [3.05, 3.63) is 23.8 Å². The summed E-state index contributed by atoms with van der Waals surface area (Å²) in [5.74, 6) is -1.71. The summed E-state index contributed by atoms with van der Waals surface area (Å²) in [6.45, 7) is 0. The van der Waals surface area contributed by atoms with Gasteiger partial charge in [-0.1, -0.05) is 0 Å². The number of aliphatic hydroxyl groups excluding tert-OH is 1. The number of rotatable bonds is 1. The number of Topliss-reactive ketones (excluding diaryl/α,β-unsaturated/α-hetero) is 1. The van der Waals surface area contributed by atoms with Crippen LogP contribution in [0, 0.1) is 5.92 Å². The van der Waals surface area contributed by atoms with Crippen LogP contribution in [0.2, 0.25) is 0 Å². The Morgan fingerprint density at radius 3 is 2.90 bits per heavy atom. The van der Waals surface area contributed by atoms with Gasteiger partial charge in [0.15, 0.2) is 0 Å². The number of ether oxygens (including phenoxy) is 2. The summed E-state index contributed by atoms with van der Waals surface area (Å²) in [5, 5.41) is 19.7. The summed E-state index contributed by atoms with van der Waals surface area (Å²) in [4.78, 5) is 24.5. The summed E-state index contributed by atoms with van der Waals surface area (Å²) in [6, 6.07) is 4.13. The van der Waals surface area contributed by atoms with Gasteiger partial charge in [-0.3, -0.25) is 9.59 Å². The van der Waals surface area contributed by atoms with Gasteiger partial charge < -0.3 is 19.7 Å². The highest BCUT2D eigenvalue weighted by molar-refractivity contribution is 6.10. The van der Waals surface area contributed by atoms with Crippen molar-refractivity contribution in [1.82, 2.24) is 0 Å². The fourth-order valence-corrected chi connectivity index (χ4v) is 3.09. The normalized spacial score (nSPS) is 31.2. The molecule has 106 valence electrons. The Bertz CT molecular complexity index is 595. The number of phenolic OH excluding ortho intramolecular Hbond substituents is 1. The van der Waals surface area contributed by atoms with Crippen molar-refractivity contribution in [3.63, 3.8) is 0 Å². The summed E-state index contributed by atoms with van der Waals surface area (Å²) < 4.78 is 10.4. The number of methoxy groups -OCH3 is 1. The topological polar surface area (TPSA) is 93.1 Å². The van der Waals surface area contributed by atoms with Crippen LogP contribution < -0.4 is 4.74 Å². The van der Waals surface area contributed by atoms with E-state index in [0.29, 0.717) is 6.42 Å². The Labute approximate surface area is 114 Å². The van der Waals surface area contributed by atoms with E-state index < -0.39 is 29.4 Å². The van der Waals surface area contributed by atoms with E-state index in [-0.39, 0.29) is 23.5 Å². The predicted octanol–water partition coefficient (Wildman–Crippen LogP) is 0.650. The molecule has 1 fully saturated rings. The summed E-state index contributed by atoms with van der Waals surface area (Å²) in [6.07, 6.45) is -0.473. The van der Waals surface area contributed by atoms with Crippen LogP contribution in [-0.4, -0.2) is 40.8 Å². The van der Waals surface area contributed by atoms with Crippen LogP contribution in [0.5, 0.6) is 11.5 Å². The van der Waals surface area contributed by atoms with Crippen molar-refractivity contribution < 1.29 is 29.3 Å². The Morgan fingerprint density at radius 2 is 2.20 bits per heavy atom. The van der Waals surface area contributed by atoms with Crippen LogP contribution in [0.15, 0.2) is 18.2 Å². The van der Waals surface area contributed by atoms with Gasteiger partial charge in [0, 0.05) is 0 Å². The molecule has 1 aliphatic carbocycles. The van der Waals surface area contributed by atoms with Crippen molar-refractivity contribution >= 4 is 11.8 Å². The fraction of sp³-hybridized carbons (Fsp3) is 0.429. The second-order valence-electron chi connectivity index (χ2n) is 5.07. The lowest BCUT2D eigenvalue weighted by Gasteiger charge is -2.30. The molecular weight excluding hydrogens is 264 g/mol. The molecular formula is C14H14O6. The van der Waals surface area contributed by atoms with Crippen molar-refractivity contribution in [2.75, 3.05) is 7.11 Å². The second kappa shape index (κ2) is 4.21. The van der Waals surface area contributed by atoms with E-state index in [4.69, 9.17) is 9.47 Å². The number of aliphatic hydroxyl groups is 1. The quantitative estimate of drug-likeness (QED) is 0.733. The van der Waals surface area contributed by atoms with Crippen LogP contribution in [0.3, 0.4) is 0 Å². The number of ketones is 1. The number of fused-ring (bicyclic) bond motifs is 1. The number of esters is 1. The van der Waals surface area contributed by atoms with Gasteiger partial charge in [0.2, 0.25) is 11.4 Å². The number of hydrogen-bond acceptors (Lipinski definition) is 6. The first-order chi connectivity index (χ1) is 9.50. The third kappa shape index (κ3) is 1.48. The molecule has 1 aromatic rings. The molecule has 0 radical (unpaired) electrons. The zero-order valence-corrected chi connectivity index (χ0v) is 10.8. The fourth-order valence-electron chi connectivity index (χ4n) is 3.09. The van der Waals surface area contributed by atoms with Crippen molar-refractivity contribution in [1.29, 1.82) is 0 Å². The van der Waals surface area contributed by atoms with Crippen LogP contribution in [0.1, 0.15) is 23.2 Å². The minimum Gasteiger partial charge on any atom is -0.508 e. The number of aromatic hydroxyl groups is 1. The average Bonchev–Trinajstić information content (AvgIpc) is 2.91. The van der Waals surface area contributed by atoms with Crippen LogP contribution >= 0.6 is 0 Å². The van der Waals surface area contributed by atoms with E-state index in [1.54, 1.807) is 0 Å². The first kappa shape index (κ1) is 12.9. The maximum absolute atomic E-state index is 12.6. The molecule has 0 saturated heterocycles. The Hall–Kier alpha value is -2.08.